The quantitative estimate of drug-likeness (QED) is 0.625. The van der Waals surface area contributed by atoms with Crippen molar-refractivity contribution in [3.8, 4) is 11.1 Å². The maximum Gasteiger partial charge on any atom is 0.407 e. The molecule has 2 aliphatic carbocycles. The average molecular weight is 463 g/mol. The highest BCUT2D eigenvalue weighted by Crippen LogP contribution is 2.44. The number of carbonyl (C=O) groups excluding carboxylic acids is 3. The molecule has 34 heavy (non-hydrogen) atoms. The van der Waals surface area contributed by atoms with Crippen molar-refractivity contribution >= 4 is 23.9 Å². The second kappa shape index (κ2) is 8.81. The Bertz CT molecular complexity index is 1120. The minimum absolute atomic E-state index is 0.0391. The summed E-state index contributed by atoms with van der Waals surface area (Å²) in [6, 6.07) is 14.7. The number of hydrazine groups is 1. The fourth-order valence-corrected chi connectivity index (χ4v) is 5.27. The molecule has 3 aliphatic rings. The Morgan fingerprint density at radius 2 is 1.68 bits per heavy atom. The van der Waals surface area contributed by atoms with Crippen molar-refractivity contribution in [1.29, 1.82) is 0 Å². The monoisotopic (exact) mass is 463 g/mol. The number of rotatable bonds is 5. The van der Waals surface area contributed by atoms with Gasteiger partial charge in [-0.05, 0) is 41.5 Å². The number of hydrogen-bond donors (Lipinski definition) is 3. The SMILES string of the molecule is O=C1CC(C(=O)O)N(C(=O)[C@@H]2CC[C@H](NC(=O)OCC3c4ccccc4-c4ccccc43)C2)N1. The second-order valence-electron chi connectivity index (χ2n) is 8.98. The lowest BCUT2D eigenvalue weighted by Gasteiger charge is -2.23. The van der Waals surface area contributed by atoms with Gasteiger partial charge in [-0.1, -0.05) is 48.5 Å². The van der Waals surface area contributed by atoms with E-state index < -0.39 is 35.8 Å². The number of aliphatic carboxylic acids is 1. The van der Waals surface area contributed by atoms with Crippen molar-refractivity contribution in [3.05, 3.63) is 59.7 Å². The van der Waals surface area contributed by atoms with Gasteiger partial charge in [-0.2, -0.15) is 0 Å². The summed E-state index contributed by atoms with van der Waals surface area (Å²) in [5, 5.41) is 13.0. The number of fused-ring (bicyclic) bond motifs is 3. The third-order valence-corrected chi connectivity index (χ3v) is 6.91. The fourth-order valence-electron chi connectivity index (χ4n) is 5.27. The summed E-state index contributed by atoms with van der Waals surface area (Å²) >= 11 is 0. The Hall–Kier alpha value is -3.88. The Morgan fingerprint density at radius 1 is 1.03 bits per heavy atom. The molecule has 0 aromatic heterocycles. The van der Waals surface area contributed by atoms with Gasteiger partial charge in [0.15, 0.2) is 6.04 Å². The van der Waals surface area contributed by atoms with Crippen LogP contribution in [-0.2, 0) is 19.1 Å². The smallest absolute Gasteiger partial charge is 0.407 e. The van der Waals surface area contributed by atoms with Crippen LogP contribution in [0.3, 0.4) is 0 Å². The Morgan fingerprint density at radius 3 is 2.32 bits per heavy atom. The molecule has 3 atom stereocenters. The van der Waals surface area contributed by atoms with Gasteiger partial charge in [0.2, 0.25) is 11.8 Å². The summed E-state index contributed by atoms with van der Waals surface area (Å²) in [5.41, 5.74) is 6.90. The van der Waals surface area contributed by atoms with Gasteiger partial charge in [-0.15, -0.1) is 0 Å². The van der Waals surface area contributed by atoms with E-state index in [2.05, 4.69) is 35.0 Å². The van der Waals surface area contributed by atoms with Gasteiger partial charge >= 0.3 is 12.1 Å². The van der Waals surface area contributed by atoms with Crippen molar-refractivity contribution in [2.75, 3.05) is 6.61 Å². The van der Waals surface area contributed by atoms with Crippen molar-refractivity contribution in [2.45, 2.75) is 43.7 Å². The first kappa shape index (κ1) is 21.9. The van der Waals surface area contributed by atoms with E-state index in [0.29, 0.717) is 19.3 Å². The first-order chi connectivity index (χ1) is 16.4. The van der Waals surface area contributed by atoms with Gasteiger partial charge in [0.25, 0.3) is 0 Å². The molecule has 3 N–H and O–H groups in total. The Labute approximate surface area is 196 Å². The van der Waals surface area contributed by atoms with Crippen LogP contribution >= 0.6 is 0 Å². The number of amides is 3. The van der Waals surface area contributed by atoms with Gasteiger partial charge < -0.3 is 15.2 Å². The zero-order chi connectivity index (χ0) is 23.8. The van der Waals surface area contributed by atoms with Crippen LogP contribution in [0.15, 0.2) is 48.5 Å². The molecule has 1 unspecified atom stereocenters. The lowest BCUT2D eigenvalue weighted by Crippen LogP contribution is -2.49. The highest BCUT2D eigenvalue weighted by Gasteiger charge is 2.43. The molecule has 176 valence electrons. The number of nitrogens with one attached hydrogen (secondary N) is 2. The van der Waals surface area contributed by atoms with Crippen molar-refractivity contribution in [3.63, 3.8) is 0 Å². The summed E-state index contributed by atoms with van der Waals surface area (Å²) in [6.45, 7) is 0.203. The highest BCUT2D eigenvalue weighted by molar-refractivity contribution is 5.94. The van der Waals surface area contributed by atoms with Crippen molar-refractivity contribution in [1.82, 2.24) is 15.8 Å². The van der Waals surface area contributed by atoms with Crippen LogP contribution in [0, 0.1) is 5.92 Å². The number of benzene rings is 2. The fraction of sp³-hybridized carbons (Fsp3) is 0.360. The largest absolute Gasteiger partial charge is 0.480 e. The topological polar surface area (TPSA) is 125 Å². The molecule has 2 aromatic carbocycles. The number of carboxylic acids is 1. The minimum Gasteiger partial charge on any atom is -0.480 e. The van der Waals surface area contributed by atoms with Gasteiger partial charge in [-0.3, -0.25) is 15.0 Å². The number of hydrogen-bond acceptors (Lipinski definition) is 5. The second-order valence-corrected chi connectivity index (χ2v) is 8.98. The van der Waals surface area contributed by atoms with Crippen LogP contribution in [0.2, 0.25) is 0 Å². The third kappa shape index (κ3) is 3.98. The summed E-state index contributed by atoms with van der Waals surface area (Å²) in [5.74, 6) is -2.66. The van der Waals surface area contributed by atoms with Gasteiger partial charge in [0.1, 0.15) is 6.61 Å². The lowest BCUT2D eigenvalue weighted by atomic mass is 9.98. The summed E-state index contributed by atoms with van der Waals surface area (Å²) in [7, 11) is 0. The Kier molecular flexibility index (Phi) is 5.69. The molecule has 2 aromatic rings. The van der Waals surface area contributed by atoms with Gasteiger partial charge in [0, 0.05) is 17.9 Å². The number of carbonyl (C=O) groups is 4. The van der Waals surface area contributed by atoms with E-state index in [0.717, 1.165) is 27.3 Å². The van der Waals surface area contributed by atoms with Crippen molar-refractivity contribution < 1.29 is 29.0 Å². The van der Waals surface area contributed by atoms with E-state index in [1.165, 1.54) is 0 Å². The molecule has 5 rings (SSSR count). The molecule has 3 amide bonds. The molecule has 9 nitrogen and oxygen atoms in total. The van der Waals surface area contributed by atoms with E-state index >= 15 is 0 Å². The van der Waals surface area contributed by atoms with E-state index in [4.69, 9.17) is 4.74 Å². The van der Waals surface area contributed by atoms with Crippen LogP contribution in [0.4, 0.5) is 4.79 Å². The van der Waals surface area contributed by atoms with E-state index in [1.54, 1.807) is 0 Å². The first-order valence-electron chi connectivity index (χ1n) is 11.4. The van der Waals surface area contributed by atoms with Crippen LogP contribution in [-0.4, -0.2) is 52.7 Å². The normalized spacial score (nSPS) is 23.2. The van der Waals surface area contributed by atoms with E-state index in [9.17, 15) is 24.3 Å². The van der Waals surface area contributed by atoms with Crippen LogP contribution in [0.5, 0.6) is 0 Å². The molecule has 1 saturated heterocycles. The molecule has 9 heteroatoms. The van der Waals surface area contributed by atoms with Crippen LogP contribution < -0.4 is 10.7 Å². The van der Waals surface area contributed by atoms with E-state index in [-0.39, 0.29) is 25.0 Å². The highest BCUT2D eigenvalue weighted by atomic mass is 16.5. The molecular weight excluding hydrogens is 438 g/mol. The van der Waals surface area contributed by atoms with Gasteiger partial charge in [0.05, 0.1) is 6.42 Å². The Balaban J connectivity index is 1.16. The zero-order valence-electron chi connectivity index (χ0n) is 18.4. The molecule has 0 radical (unpaired) electrons. The maximum absolute atomic E-state index is 12.8. The molecular formula is C25H25N3O6. The number of nitrogens with zero attached hydrogens (tertiary/aromatic N) is 1. The molecule has 2 fully saturated rings. The molecule has 1 aliphatic heterocycles. The predicted molar refractivity (Wildman–Crippen MR) is 120 cm³/mol. The van der Waals surface area contributed by atoms with Crippen molar-refractivity contribution in [2.24, 2.45) is 5.92 Å². The first-order valence-corrected chi connectivity index (χ1v) is 11.4. The summed E-state index contributed by atoms with van der Waals surface area (Å²) < 4.78 is 5.58. The molecule has 0 spiro atoms. The minimum atomic E-state index is -1.22. The average Bonchev–Trinajstić information content (AvgIpc) is 3.53. The molecule has 0 bridgehead atoms. The van der Waals surface area contributed by atoms with Crippen LogP contribution in [0.1, 0.15) is 42.7 Å². The molecule has 1 saturated carbocycles. The van der Waals surface area contributed by atoms with E-state index in [1.807, 2.05) is 24.3 Å². The van der Waals surface area contributed by atoms with Gasteiger partial charge in [-0.25, -0.2) is 14.6 Å². The summed E-state index contributed by atoms with van der Waals surface area (Å²) in [4.78, 5) is 48.3. The number of alkyl carbamates (subject to hydrolysis) is 1. The molecule has 1 heterocycles. The lowest BCUT2D eigenvalue weighted by molar-refractivity contribution is -0.152. The number of carboxylic acid groups (broad SMARTS) is 1. The zero-order valence-corrected chi connectivity index (χ0v) is 18.4. The predicted octanol–water partition coefficient (Wildman–Crippen LogP) is 2.41. The maximum atomic E-state index is 12.8. The van der Waals surface area contributed by atoms with Crippen LogP contribution in [0.25, 0.3) is 11.1 Å². The standard InChI is InChI=1S/C25H25N3O6/c29-22-12-21(24(31)32)28(27-22)23(30)14-9-10-15(11-14)26-25(33)34-13-20-18-7-3-1-5-16(18)17-6-2-4-8-19(17)20/h1-8,14-15,20-21H,9-13H2,(H,26,33)(H,27,29)(H,31,32)/t14-,15+,21?/m1/s1. The summed E-state index contributed by atoms with van der Waals surface area (Å²) in [6.07, 6.45) is 0.626. The third-order valence-electron chi connectivity index (χ3n) is 6.91. The number of ether oxygens (including phenoxy) is 1.